The van der Waals surface area contributed by atoms with Crippen molar-refractivity contribution in [2.45, 2.75) is 78.9 Å². The summed E-state index contributed by atoms with van der Waals surface area (Å²) in [4.78, 5) is 42.8. The Morgan fingerprint density at radius 2 is 1.62 bits per heavy atom. The van der Waals surface area contributed by atoms with Gasteiger partial charge in [0.25, 0.3) is 0 Å². The van der Waals surface area contributed by atoms with Crippen LogP contribution in [0.1, 0.15) is 65.4 Å². The largest absolute Gasteiger partial charge is 0.465 e. The van der Waals surface area contributed by atoms with E-state index in [0.29, 0.717) is 22.9 Å². The lowest BCUT2D eigenvalue weighted by Gasteiger charge is -2.37. The maximum Gasteiger partial charge on any atom is 0.408 e. The summed E-state index contributed by atoms with van der Waals surface area (Å²) in [5.74, 6) is 0.0406. The Labute approximate surface area is 279 Å². The maximum atomic E-state index is 15.0. The number of anilines is 2. The summed E-state index contributed by atoms with van der Waals surface area (Å²) < 4.78 is 22.2. The monoisotopic (exact) mass is 659 g/mol. The zero-order chi connectivity index (χ0) is 35.4. The van der Waals surface area contributed by atoms with E-state index in [9.17, 15) is 23.9 Å². The summed E-state index contributed by atoms with van der Waals surface area (Å²) in [6.07, 6.45) is 0.421. The number of amides is 4. The van der Waals surface area contributed by atoms with E-state index in [1.807, 2.05) is 27.7 Å². The molecule has 0 aliphatic heterocycles. The number of aromatic nitrogens is 3. The summed E-state index contributed by atoms with van der Waals surface area (Å²) >= 11 is 0. The second kappa shape index (κ2) is 14.1. The molecule has 13 heteroatoms. The molecule has 48 heavy (non-hydrogen) atoms. The summed E-state index contributed by atoms with van der Waals surface area (Å²) in [5.41, 5.74) is 1.74. The molecule has 0 saturated carbocycles. The van der Waals surface area contributed by atoms with Crippen molar-refractivity contribution in [3.63, 3.8) is 0 Å². The van der Waals surface area contributed by atoms with Crippen LogP contribution in [0.4, 0.5) is 25.5 Å². The predicted molar refractivity (Wildman–Crippen MR) is 181 cm³/mol. The van der Waals surface area contributed by atoms with Crippen molar-refractivity contribution in [1.29, 1.82) is 0 Å². The number of nitrogens with one attached hydrogen (secondary N) is 3. The molecule has 0 aliphatic rings. The number of carbonyl (C=O) groups excluding carboxylic acids is 2. The van der Waals surface area contributed by atoms with Gasteiger partial charge in [0.2, 0.25) is 5.91 Å². The molecule has 2 heterocycles. The van der Waals surface area contributed by atoms with Crippen molar-refractivity contribution in [3.8, 4) is 17.2 Å². The number of hydrogen-bond acceptors (Lipinski definition) is 6. The van der Waals surface area contributed by atoms with Gasteiger partial charge >= 0.3 is 12.1 Å². The standard InChI is InChI=1S/C35H42FN7O5/c1-21-17-26(15-16-37-21)48-25-13-14-28(27(36)18-25)39-32(45)40-30-19-29(34(3,4)5)41-43(30)24-11-9-23(10-12-24)20-38-31(44)22(2)42(33(46)47)35(6,7)8/h9-19,22H,20H2,1-8H3,(H,38,44)(H,46,47)(H2,39,40,45). The Morgan fingerprint density at radius 3 is 2.21 bits per heavy atom. The molecule has 0 spiro atoms. The van der Waals surface area contributed by atoms with E-state index in [0.717, 1.165) is 16.2 Å². The van der Waals surface area contributed by atoms with E-state index in [4.69, 9.17) is 9.84 Å². The fraction of sp³-hybridized carbons (Fsp3) is 0.343. The molecule has 4 N–H and O–H groups in total. The molecule has 4 aromatic rings. The number of benzene rings is 2. The highest BCUT2D eigenvalue weighted by Gasteiger charge is 2.34. The minimum atomic E-state index is -1.17. The van der Waals surface area contributed by atoms with E-state index in [1.54, 1.807) is 87.1 Å². The number of nitrogens with zero attached hydrogens (tertiary/aromatic N) is 4. The topological polar surface area (TPSA) is 151 Å². The Morgan fingerprint density at radius 1 is 0.958 bits per heavy atom. The number of hydrogen-bond donors (Lipinski definition) is 4. The van der Waals surface area contributed by atoms with Crippen LogP contribution in [0.2, 0.25) is 0 Å². The second-order valence-corrected chi connectivity index (χ2v) is 13.4. The highest BCUT2D eigenvalue weighted by Crippen LogP contribution is 2.28. The first kappa shape index (κ1) is 35.4. The highest BCUT2D eigenvalue weighted by molar-refractivity contribution is 5.99. The van der Waals surface area contributed by atoms with E-state index < -0.39 is 35.4 Å². The van der Waals surface area contributed by atoms with Crippen LogP contribution in [-0.4, -0.2) is 54.4 Å². The van der Waals surface area contributed by atoms with Gasteiger partial charge in [-0.25, -0.2) is 18.7 Å². The van der Waals surface area contributed by atoms with Crippen LogP contribution in [0, 0.1) is 12.7 Å². The van der Waals surface area contributed by atoms with Gasteiger partial charge in [-0.2, -0.15) is 5.10 Å². The van der Waals surface area contributed by atoms with Gasteiger partial charge in [-0.05, 0) is 70.5 Å². The van der Waals surface area contributed by atoms with Gasteiger partial charge in [0.15, 0.2) is 0 Å². The van der Waals surface area contributed by atoms with Crippen molar-refractivity contribution < 1.29 is 28.6 Å². The summed E-state index contributed by atoms with van der Waals surface area (Å²) in [7, 11) is 0. The molecule has 12 nitrogen and oxygen atoms in total. The van der Waals surface area contributed by atoms with Crippen LogP contribution < -0.4 is 20.7 Å². The number of ether oxygens (including phenoxy) is 1. The smallest absolute Gasteiger partial charge is 0.408 e. The number of aryl methyl sites for hydroxylation is 1. The second-order valence-electron chi connectivity index (χ2n) is 13.4. The maximum absolute atomic E-state index is 15.0. The van der Waals surface area contributed by atoms with Crippen molar-refractivity contribution >= 4 is 29.5 Å². The molecule has 0 bridgehead atoms. The predicted octanol–water partition coefficient (Wildman–Crippen LogP) is 7.23. The SMILES string of the molecule is Cc1cc(Oc2ccc(NC(=O)Nc3cc(C(C)(C)C)nn3-c3ccc(CNC(=O)C(C)N(C(=O)O)C(C)(C)C)cc3)c(F)c2)ccn1. The molecule has 1 unspecified atom stereocenters. The molecule has 0 fully saturated rings. The molecule has 1 atom stereocenters. The van der Waals surface area contributed by atoms with Crippen molar-refractivity contribution in [3.05, 3.63) is 89.6 Å². The Hall–Kier alpha value is -5.46. The number of urea groups is 1. The molecule has 4 rings (SSSR count). The van der Waals surface area contributed by atoms with Crippen LogP contribution in [0.5, 0.6) is 11.5 Å². The van der Waals surface area contributed by atoms with Crippen molar-refractivity contribution in [2.24, 2.45) is 0 Å². The number of carboxylic acid groups (broad SMARTS) is 1. The van der Waals surface area contributed by atoms with Gasteiger partial charge < -0.3 is 20.5 Å². The lowest BCUT2D eigenvalue weighted by atomic mass is 9.92. The minimum Gasteiger partial charge on any atom is -0.465 e. The average Bonchev–Trinajstić information content (AvgIpc) is 3.41. The quantitative estimate of drug-likeness (QED) is 0.148. The molecule has 254 valence electrons. The van der Waals surface area contributed by atoms with Crippen LogP contribution in [0.3, 0.4) is 0 Å². The van der Waals surface area contributed by atoms with E-state index >= 15 is 0 Å². The lowest BCUT2D eigenvalue weighted by Crippen LogP contribution is -2.55. The van der Waals surface area contributed by atoms with Gasteiger partial charge in [-0.15, -0.1) is 0 Å². The van der Waals surface area contributed by atoms with Crippen LogP contribution >= 0.6 is 0 Å². The number of pyridine rings is 1. The fourth-order valence-electron chi connectivity index (χ4n) is 4.93. The zero-order valence-electron chi connectivity index (χ0n) is 28.4. The summed E-state index contributed by atoms with van der Waals surface area (Å²) in [5, 5.41) is 22.5. The molecule has 0 radical (unpaired) electrons. The van der Waals surface area contributed by atoms with Gasteiger partial charge in [0.1, 0.15) is 29.2 Å². The number of carbonyl (C=O) groups is 3. The molecule has 0 aliphatic carbocycles. The minimum absolute atomic E-state index is 0.0393. The van der Waals surface area contributed by atoms with E-state index in [-0.39, 0.29) is 23.4 Å². The van der Waals surface area contributed by atoms with Gasteiger partial charge in [0, 0.05) is 47.6 Å². The van der Waals surface area contributed by atoms with E-state index in [1.165, 1.54) is 12.1 Å². The van der Waals surface area contributed by atoms with E-state index in [2.05, 4.69) is 20.9 Å². The molecule has 4 amide bonds. The first-order valence-electron chi connectivity index (χ1n) is 15.4. The third-order valence-corrected chi connectivity index (χ3v) is 7.36. The van der Waals surface area contributed by atoms with Crippen molar-refractivity contribution in [1.82, 2.24) is 25.0 Å². The summed E-state index contributed by atoms with van der Waals surface area (Å²) in [6.45, 7) is 14.7. The average molecular weight is 660 g/mol. The fourth-order valence-corrected chi connectivity index (χ4v) is 4.93. The third kappa shape index (κ3) is 8.87. The Balaban J connectivity index is 1.46. The number of rotatable bonds is 9. The van der Waals surface area contributed by atoms with Gasteiger partial charge in [-0.3, -0.25) is 20.0 Å². The molecule has 0 saturated heterocycles. The molecule has 2 aromatic heterocycles. The highest BCUT2D eigenvalue weighted by atomic mass is 19.1. The van der Waals surface area contributed by atoms with Gasteiger partial charge in [-0.1, -0.05) is 32.9 Å². The Bertz CT molecular complexity index is 1790. The Kier molecular flexibility index (Phi) is 10.4. The first-order chi connectivity index (χ1) is 22.4. The van der Waals surface area contributed by atoms with Crippen LogP contribution in [-0.2, 0) is 16.8 Å². The van der Waals surface area contributed by atoms with Crippen LogP contribution in [0.15, 0.2) is 66.9 Å². The van der Waals surface area contributed by atoms with Crippen LogP contribution in [0.25, 0.3) is 5.69 Å². The molecule has 2 aromatic carbocycles. The molecular weight excluding hydrogens is 617 g/mol. The third-order valence-electron chi connectivity index (χ3n) is 7.36. The zero-order valence-corrected chi connectivity index (χ0v) is 28.4. The van der Waals surface area contributed by atoms with Crippen molar-refractivity contribution in [2.75, 3.05) is 10.6 Å². The first-order valence-corrected chi connectivity index (χ1v) is 15.4. The number of halogens is 1. The normalized spacial score (nSPS) is 12.2. The summed E-state index contributed by atoms with van der Waals surface area (Å²) in [6, 6.07) is 14.9. The van der Waals surface area contributed by atoms with Gasteiger partial charge in [0.05, 0.1) is 17.1 Å². The molecular formula is C35H42FN7O5. The lowest BCUT2D eigenvalue weighted by molar-refractivity contribution is -0.127.